The van der Waals surface area contributed by atoms with Crippen LogP contribution in [-0.2, 0) is 20.7 Å². The van der Waals surface area contributed by atoms with E-state index in [4.69, 9.17) is 4.74 Å². The fourth-order valence-electron chi connectivity index (χ4n) is 1.23. The molecule has 4 nitrogen and oxygen atoms in total. The lowest BCUT2D eigenvalue weighted by Gasteiger charge is -2.14. The molecule has 0 saturated carbocycles. The number of ether oxygens (including phenoxy) is 1. The monoisotopic (exact) mass is 273 g/mol. The van der Waals surface area contributed by atoms with Crippen LogP contribution in [0.1, 0.15) is 11.8 Å². The molecule has 94 valence electrons. The first-order chi connectivity index (χ1) is 8.13. The van der Waals surface area contributed by atoms with E-state index in [1.54, 1.807) is 11.3 Å². The van der Waals surface area contributed by atoms with E-state index in [0.29, 0.717) is 13.0 Å². The Morgan fingerprint density at radius 2 is 2.35 bits per heavy atom. The first kappa shape index (κ1) is 14.1. The summed E-state index contributed by atoms with van der Waals surface area (Å²) >= 11 is 5.62. The normalized spacial score (nSPS) is 11.9. The lowest BCUT2D eigenvalue weighted by Crippen LogP contribution is -2.42. The molecular formula is C11H15NO3S2. The van der Waals surface area contributed by atoms with Crippen molar-refractivity contribution >= 4 is 35.8 Å². The number of nitrogens with one attached hydrogen (secondary N) is 1. The van der Waals surface area contributed by atoms with Gasteiger partial charge in [-0.05, 0) is 11.4 Å². The molecule has 0 aliphatic carbocycles. The fourth-order valence-corrected chi connectivity index (χ4v) is 2.16. The topological polar surface area (TPSA) is 55.4 Å². The molecule has 1 amide bonds. The van der Waals surface area contributed by atoms with Gasteiger partial charge in [0.2, 0.25) is 5.91 Å². The van der Waals surface area contributed by atoms with Crippen molar-refractivity contribution in [3.8, 4) is 0 Å². The van der Waals surface area contributed by atoms with Crippen LogP contribution in [0.25, 0.3) is 0 Å². The van der Waals surface area contributed by atoms with Gasteiger partial charge in [0.25, 0.3) is 0 Å². The van der Waals surface area contributed by atoms with Crippen LogP contribution in [0, 0.1) is 0 Å². The minimum absolute atomic E-state index is 0.234. The molecule has 1 rings (SSSR count). The third kappa shape index (κ3) is 5.23. The maximum atomic E-state index is 11.6. The first-order valence-corrected chi connectivity index (χ1v) is 6.71. The number of rotatable bonds is 6. The predicted molar refractivity (Wildman–Crippen MR) is 70.4 cm³/mol. The van der Waals surface area contributed by atoms with Gasteiger partial charge < -0.3 is 10.1 Å². The maximum Gasteiger partial charge on any atom is 0.329 e. The van der Waals surface area contributed by atoms with E-state index in [0.717, 1.165) is 0 Å². The summed E-state index contributed by atoms with van der Waals surface area (Å²) in [6.07, 6.45) is 0.697. The zero-order valence-electron chi connectivity index (χ0n) is 9.51. The van der Waals surface area contributed by atoms with E-state index in [2.05, 4.69) is 17.9 Å². The first-order valence-electron chi connectivity index (χ1n) is 5.20. The van der Waals surface area contributed by atoms with Gasteiger partial charge in [0, 0.05) is 24.0 Å². The summed E-state index contributed by atoms with van der Waals surface area (Å²) in [5.41, 5.74) is 0. The molecule has 6 heteroatoms. The van der Waals surface area contributed by atoms with Crippen molar-refractivity contribution in [1.29, 1.82) is 0 Å². The Bertz CT molecular complexity index is 365. The zero-order valence-corrected chi connectivity index (χ0v) is 11.2. The Morgan fingerprint density at radius 3 is 2.88 bits per heavy atom. The predicted octanol–water partition coefficient (Wildman–Crippen LogP) is 1.27. The van der Waals surface area contributed by atoms with E-state index in [9.17, 15) is 9.59 Å². The maximum absolute atomic E-state index is 11.6. The van der Waals surface area contributed by atoms with Crippen LogP contribution < -0.4 is 5.32 Å². The SMILES string of the molecule is CC(=O)N[C@@H](CS)C(=O)OCCc1cccs1. The Morgan fingerprint density at radius 1 is 1.59 bits per heavy atom. The van der Waals surface area contributed by atoms with Gasteiger partial charge in [-0.15, -0.1) is 11.3 Å². The number of carbonyl (C=O) groups is 2. The van der Waals surface area contributed by atoms with Gasteiger partial charge in [0.15, 0.2) is 0 Å². The highest BCUT2D eigenvalue weighted by Gasteiger charge is 2.18. The second kappa shape index (κ2) is 7.34. The highest BCUT2D eigenvalue weighted by Crippen LogP contribution is 2.09. The third-order valence-corrected chi connectivity index (χ3v) is 3.32. The van der Waals surface area contributed by atoms with E-state index >= 15 is 0 Å². The molecule has 17 heavy (non-hydrogen) atoms. The third-order valence-electron chi connectivity index (χ3n) is 2.02. The van der Waals surface area contributed by atoms with Crippen LogP contribution in [-0.4, -0.2) is 30.3 Å². The summed E-state index contributed by atoms with van der Waals surface area (Å²) in [5, 5.41) is 4.46. The summed E-state index contributed by atoms with van der Waals surface area (Å²) in [5.74, 6) is -0.469. The van der Waals surface area contributed by atoms with Crippen molar-refractivity contribution in [2.45, 2.75) is 19.4 Å². The number of esters is 1. The average molecular weight is 273 g/mol. The van der Waals surface area contributed by atoms with Gasteiger partial charge in [-0.2, -0.15) is 12.6 Å². The van der Waals surface area contributed by atoms with Gasteiger partial charge >= 0.3 is 5.97 Å². The van der Waals surface area contributed by atoms with Crippen molar-refractivity contribution in [2.24, 2.45) is 0 Å². The number of amides is 1. The quantitative estimate of drug-likeness (QED) is 0.606. The molecule has 1 heterocycles. The Labute approximate surface area is 110 Å². The molecule has 0 unspecified atom stereocenters. The Hall–Kier alpha value is -1.01. The standard InChI is InChI=1S/C11H15NO3S2/c1-8(13)12-10(7-16)11(14)15-5-4-9-3-2-6-17-9/h2-3,6,10,16H,4-5,7H2,1H3,(H,12,13)/t10-/m0/s1. The molecule has 0 aliphatic heterocycles. The summed E-state index contributed by atoms with van der Waals surface area (Å²) in [4.78, 5) is 23.5. The van der Waals surface area contributed by atoms with Crippen molar-refractivity contribution < 1.29 is 14.3 Å². The van der Waals surface area contributed by atoms with Gasteiger partial charge in [-0.25, -0.2) is 4.79 Å². The lowest BCUT2D eigenvalue weighted by molar-refractivity contribution is -0.146. The Kier molecular flexibility index (Phi) is 6.07. The van der Waals surface area contributed by atoms with Crippen molar-refractivity contribution in [2.75, 3.05) is 12.4 Å². The molecule has 1 N–H and O–H groups in total. The molecule has 0 aliphatic rings. The molecule has 0 saturated heterocycles. The number of thiol groups is 1. The van der Waals surface area contributed by atoms with Crippen LogP contribution in [0.2, 0.25) is 0 Å². The van der Waals surface area contributed by atoms with Gasteiger partial charge in [0.1, 0.15) is 6.04 Å². The minimum Gasteiger partial charge on any atom is -0.464 e. The van der Waals surface area contributed by atoms with E-state index in [1.807, 2.05) is 17.5 Å². The molecule has 0 aromatic carbocycles. The molecule has 1 atom stereocenters. The zero-order chi connectivity index (χ0) is 12.7. The molecular weight excluding hydrogens is 258 g/mol. The summed E-state index contributed by atoms with van der Waals surface area (Å²) in [6.45, 7) is 1.68. The van der Waals surface area contributed by atoms with Gasteiger partial charge in [-0.3, -0.25) is 4.79 Å². The molecule has 0 radical (unpaired) electrons. The van der Waals surface area contributed by atoms with Crippen molar-refractivity contribution in [3.05, 3.63) is 22.4 Å². The molecule has 1 aromatic rings. The minimum atomic E-state index is -0.667. The largest absolute Gasteiger partial charge is 0.464 e. The Balaban J connectivity index is 2.29. The van der Waals surface area contributed by atoms with Crippen LogP contribution >= 0.6 is 24.0 Å². The number of thiophene rings is 1. The summed E-state index contributed by atoms with van der Waals surface area (Å²) < 4.78 is 5.07. The molecule has 1 aromatic heterocycles. The smallest absolute Gasteiger partial charge is 0.329 e. The highest BCUT2D eigenvalue weighted by molar-refractivity contribution is 7.80. The van der Waals surface area contributed by atoms with Crippen LogP contribution in [0.5, 0.6) is 0 Å². The molecule has 0 spiro atoms. The van der Waals surface area contributed by atoms with Crippen LogP contribution in [0.3, 0.4) is 0 Å². The lowest BCUT2D eigenvalue weighted by atomic mass is 10.3. The van der Waals surface area contributed by atoms with Crippen LogP contribution in [0.4, 0.5) is 0 Å². The number of hydrogen-bond donors (Lipinski definition) is 2. The van der Waals surface area contributed by atoms with E-state index in [1.165, 1.54) is 11.8 Å². The number of hydrogen-bond acceptors (Lipinski definition) is 5. The average Bonchev–Trinajstić information content (AvgIpc) is 2.78. The number of carbonyl (C=O) groups excluding carboxylic acids is 2. The van der Waals surface area contributed by atoms with Gasteiger partial charge in [-0.1, -0.05) is 6.07 Å². The van der Waals surface area contributed by atoms with Crippen molar-refractivity contribution in [1.82, 2.24) is 5.32 Å². The van der Waals surface area contributed by atoms with E-state index in [-0.39, 0.29) is 11.7 Å². The van der Waals surface area contributed by atoms with Crippen LogP contribution in [0.15, 0.2) is 17.5 Å². The van der Waals surface area contributed by atoms with E-state index < -0.39 is 12.0 Å². The molecule has 0 bridgehead atoms. The van der Waals surface area contributed by atoms with Crippen molar-refractivity contribution in [3.63, 3.8) is 0 Å². The molecule has 0 fully saturated rings. The summed E-state index contributed by atoms with van der Waals surface area (Å²) in [6, 6.07) is 3.28. The highest BCUT2D eigenvalue weighted by atomic mass is 32.1. The second-order valence-corrected chi connectivity index (χ2v) is 4.83. The fraction of sp³-hybridized carbons (Fsp3) is 0.455. The van der Waals surface area contributed by atoms with Gasteiger partial charge in [0.05, 0.1) is 6.61 Å². The second-order valence-electron chi connectivity index (χ2n) is 3.43. The summed E-state index contributed by atoms with van der Waals surface area (Å²) in [7, 11) is 0.